The van der Waals surface area contributed by atoms with Gasteiger partial charge in [-0.25, -0.2) is 11.7 Å². The average molecular weight is 362 g/mol. The van der Waals surface area contributed by atoms with Crippen LogP contribution in [0.1, 0.15) is 0 Å². The van der Waals surface area contributed by atoms with Crippen LogP contribution in [-0.2, 0) is 9.59 Å². The molecule has 0 aliphatic rings. The summed E-state index contributed by atoms with van der Waals surface area (Å²) >= 11 is 1.55. The van der Waals surface area contributed by atoms with Crippen molar-refractivity contribution in [1.82, 2.24) is 10.9 Å². The van der Waals surface area contributed by atoms with E-state index in [1.165, 1.54) is 0 Å². The van der Waals surface area contributed by atoms with Gasteiger partial charge < -0.3 is 9.47 Å². The van der Waals surface area contributed by atoms with Crippen LogP contribution in [0.25, 0.3) is 0 Å². The maximum absolute atomic E-state index is 11.0. The Morgan fingerprint density at radius 3 is 1.44 bits per heavy atom. The Morgan fingerprint density at radius 2 is 1.12 bits per heavy atom. The number of amides is 2. The number of carbonyl (C=O) groups excluding carboxylic acids is 2. The highest BCUT2D eigenvalue weighted by molar-refractivity contribution is 7.99. The predicted molar refractivity (Wildman–Crippen MR) is 92.7 cm³/mol. The van der Waals surface area contributed by atoms with Crippen molar-refractivity contribution in [3.05, 3.63) is 48.5 Å². The fourth-order valence-electron chi connectivity index (χ4n) is 1.72. The molecule has 0 saturated carbocycles. The molecular weight excluding hydrogens is 344 g/mol. The molecule has 132 valence electrons. The van der Waals surface area contributed by atoms with Gasteiger partial charge >= 0.3 is 0 Å². The first kappa shape index (κ1) is 18.6. The fourth-order valence-corrected chi connectivity index (χ4v) is 2.54. The number of ether oxygens (including phenoxy) is 2. The van der Waals surface area contributed by atoms with Crippen molar-refractivity contribution in [2.24, 2.45) is 11.7 Å². The van der Waals surface area contributed by atoms with E-state index in [1.54, 1.807) is 36.0 Å². The Labute approximate surface area is 148 Å². The van der Waals surface area contributed by atoms with Gasteiger partial charge in [0.1, 0.15) is 11.5 Å². The molecule has 0 unspecified atom stereocenters. The van der Waals surface area contributed by atoms with E-state index in [4.69, 9.17) is 21.2 Å². The van der Waals surface area contributed by atoms with Crippen molar-refractivity contribution in [3.8, 4) is 11.5 Å². The molecule has 25 heavy (non-hydrogen) atoms. The van der Waals surface area contributed by atoms with Gasteiger partial charge in [-0.15, -0.1) is 0 Å². The molecule has 2 aromatic carbocycles. The SMILES string of the molecule is NNC(=O)COc1ccc(Sc2ccc(OCC(=O)NN)cc2)cc1. The molecule has 0 aromatic heterocycles. The molecule has 8 nitrogen and oxygen atoms in total. The van der Waals surface area contributed by atoms with E-state index in [0.29, 0.717) is 11.5 Å². The van der Waals surface area contributed by atoms with Crippen molar-refractivity contribution in [3.63, 3.8) is 0 Å². The Morgan fingerprint density at radius 1 is 0.760 bits per heavy atom. The molecular formula is C16H18N4O4S. The Bertz CT molecular complexity index is 646. The summed E-state index contributed by atoms with van der Waals surface area (Å²) < 4.78 is 10.6. The third-order valence-corrected chi connectivity index (χ3v) is 3.96. The van der Waals surface area contributed by atoms with E-state index in [0.717, 1.165) is 9.79 Å². The second-order valence-electron chi connectivity index (χ2n) is 4.76. The summed E-state index contributed by atoms with van der Waals surface area (Å²) in [6, 6.07) is 14.6. The molecule has 0 atom stereocenters. The van der Waals surface area contributed by atoms with Gasteiger partial charge in [0.05, 0.1) is 0 Å². The van der Waals surface area contributed by atoms with E-state index >= 15 is 0 Å². The topological polar surface area (TPSA) is 129 Å². The lowest BCUT2D eigenvalue weighted by molar-refractivity contribution is -0.123. The van der Waals surface area contributed by atoms with Crippen LogP contribution in [0.5, 0.6) is 11.5 Å². The van der Waals surface area contributed by atoms with E-state index in [9.17, 15) is 9.59 Å². The van der Waals surface area contributed by atoms with Crippen LogP contribution in [0.3, 0.4) is 0 Å². The zero-order chi connectivity index (χ0) is 18.1. The highest BCUT2D eigenvalue weighted by atomic mass is 32.2. The van der Waals surface area contributed by atoms with Gasteiger partial charge in [0.2, 0.25) is 0 Å². The summed E-state index contributed by atoms with van der Waals surface area (Å²) in [4.78, 5) is 24.0. The highest BCUT2D eigenvalue weighted by Gasteiger charge is 2.03. The minimum absolute atomic E-state index is 0.132. The lowest BCUT2D eigenvalue weighted by atomic mass is 10.3. The van der Waals surface area contributed by atoms with Crippen LogP contribution in [0, 0.1) is 0 Å². The number of nitrogens with one attached hydrogen (secondary N) is 2. The number of hydrogen-bond donors (Lipinski definition) is 4. The minimum atomic E-state index is -0.398. The maximum Gasteiger partial charge on any atom is 0.271 e. The Balaban J connectivity index is 1.87. The lowest BCUT2D eigenvalue weighted by Gasteiger charge is -2.08. The summed E-state index contributed by atoms with van der Waals surface area (Å²) in [5.41, 5.74) is 3.99. The molecule has 0 heterocycles. The number of benzene rings is 2. The Hall–Kier alpha value is -2.75. The van der Waals surface area contributed by atoms with Crippen LogP contribution in [0.2, 0.25) is 0 Å². The smallest absolute Gasteiger partial charge is 0.271 e. The van der Waals surface area contributed by atoms with Gasteiger partial charge in [0, 0.05) is 9.79 Å². The first-order valence-corrected chi connectivity index (χ1v) is 8.05. The van der Waals surface area contributed by atoms with Crippen LogP contribution in [-0.4, -0.2) is 25.0 Å². The number of nitrogens with two attached hydrogens (primary N) is 2. The summed E-state index contributed by atoms with van der Waals surface area (Å²) in [6.45, 7) is -0.265. The molecule has 6 N–H and O–H groups in total. The van der Waals surface area contributed by atoms with Gasteiger partial charge in [-0.2, -0.15) is 0 Å². The normalized spacial score (nSPS) is 10.0. The number of carbonyl (C=O) groups is 2. The molecule has 0 radical (unpaired) electrons. The second-order valence-corrected chi connectivity index (χ2v) is 5.90. The minimum Gasteiger partial charge on any atom is -0.484 e. The molecule has 0 aliphatic heterocycles. The summed E-state index contributed by atoms with van der Waals surface area (Å²) in [5, 5.41) is 0. The molecule has 0 saturated heterocycles. The summed E-state index contributed by atoms with van der Waals surface area (Å²) in [7, 11) is 0. The molecule has 0 fully saturated rings. The third kappa shape index (κ3) is 6.34. The largest absolute Gasteiger partial charge is 0.484 e. The standard InChI is InChI=1S/C16H18N4O4S/c17-19-15(21)9-23-11-1-5-13(6-2-11)25-14-7-3-12(4-8-14)24-10-16(22)20-18/h1-8H,9-10,17-18H2,(H,19,21)(H,20,22). The van der Waals surface area contributed by atoms with Crippen LogP contribution in [0.15, 0.2) is 58.3 Å². The molecule has 2 amide bonds. The summed E-state index contributed by atoms with van der Waals surface area (Å²) in [6.07, 6.45) is 0. The number of hydrogen-bond acceptors (Lipinski definition) is 7. The lowest BCUT2D eigenvalue weighted by Crippen LogP contribution is -2.34. The fraction of sp³-hybridized carbons (Fsp3) is 0.125. The first-order chi connectivity index (χ1) is 12.1. The van der Waals surface area contributed by atoms with Gasteiger partial charge in [0.25, 0.3) is 11.8 Å². The average Bonchev–Trinajstić information content (AvgIpc) is 2.66. The zero-order valence-electron chi connectivity index (χ0n) is 13.2. The van der Waals surface area contributed by atoms with Crippen molar-refractivity contribution in [1.29, 1.82) is 0 Å². The summed E-state index contributed by atoms with van der Waals surface area (Å²) in [5.74, 6) is 10.3. The molecule has 0 spiro atoms. The van der Waals surface area contributed by atoms with E-state index in [-0.39, 0.29) is 13.2 Å². The number of hydrazine groups is 2. The quantitative estimate of drug-likeness (QED) is 0.307. The van der Waals surface area contributed by atoms with E-state index < -0.39 is 11.8 Å². The second kappa shape index (κ2) is 9.52. The number of rotatable bonds is 8. The molecule has 0 aliphatic carbocycles. The van der Waals surface area contributed by atoms with Crippen molar-refractivity contribution in [2.45, 2.75) is 9.79 Å². The highest BCUT2D eigenvalue weighted by Crippen LogP contribution is 2.30. The van der Waals surface area contributed by atoms with Crippen molar-refractivity contribution < 1.29 is 19.1 Å². The third-order valence-electron chi connectivity index (χ3n) is 2.95. The Kier molecular flexibility index (Phi) is 7.08. The van der Waals surface area contributed by atoms with Gasteiger partial charge in [-0.05, 0) is 48.5 Å². The predicted octanol–water partition coefficient (Wildman–Crippen LogP) is 0.575. The van der Waals surface area contributed by atoms with Crippen LogP contribution < -0.4 is 32.0 Å². The van der Waals surface area contributed by atoms with E-state index in [2.05, 4.69) is 0 Å². The van der Waals surface area contributed by atoms with Gasteiger partial charge in [-0.3, -0.25) is 20.4 Å². The van der Waals surface area contributed by atoms with E-state index in [1.807, 2.05) is 35.1 Å². The molecule has 9 heteroatoms. The van der Waals surface area contributed by atoms with Gasteiger partial charge in [0.15, 0.2) is 13.2 Å². The molecule has 2 aromatic rings. The molecule has 2 rings (SSSR count). The zero-order valence-corrected chi connectivity index (χ0v) is 14.0. The van der Waals surface area contributed by atoms with Crippen molar-refractivity contribution >= 4 is 23.6 Å². The monoisotopic (exact) mass is 362 g/mol. The maximum atomic E-state index is 11.0. The first-order valence-electron chi connectivity index (χ1n) is 7.23. The van der Waals surface area contributed by atoms with Crippen LogP contribution >= 0.6 is 11.8 Å². The van der Waals surface area contributed by atoms with Gasteiger partial charge in [-0.1, -0.05) is 11.8 Å². The van der Waals surface area contributed by atoms with Crippen LogP contribution in [0.4, 0.5) is 0 Å². The molecule has 0 bridgehead atoms. The van der Waals surface area contributed by atoms with Crippen molar-refractivity contribution in [2.75, 3.05) is 13.2 Å².